The van der Waals surface area contributed by atoms with Gasteiger partial charge in [-0.05, 0) is 42.0 Å². The minimum Gasteiger partial charge on any atom is -0.496 e. The molecule has 0 aliphatic heterocycles. The van der Waals surface area contributed by atoms with Crippen LogP contribution in [0.1, 0.15) is 5.56 Å². The largest absolute Gasteiger partial charge is 0.496 e. The Morgan fingerprint density at radius 2 is 1.82 bits per heavy atom. The van der Waals surface area contributed by atoms with Crippen LogP contribution in [0.15, 0.2) is 57.7 Å². The van der Waals surface area contributed by atoms with Crippen LogP contribution in [0.25, 0.3) is 32.7 Å². The molecule has 0 radical (unpaired) electrons. The minimum absolute atomic E-state index is 0.0582. The average Bonchev–Trinajstić information content (AvgIpc) is 2.53. The fraction of sp³-hybridized carbons (Fsp3) is 0.105. The van der Waals surface area contributed by atoms with E-state index < -0.39 is 0 Å². The summed E-state index contributed by atoms with van der Waals surface area (Å²) in [6.45, 7) is 2.04. The van der Waals surface area contributed by atoms with Crippen molar-refractivity contribution in [3.05, 3.63) is 64.3 Å². The number of methoxy groups -OCH3 is 1. The van der Waals surface area contributed by atoms with Gasteiger partial charge in [-0.1, -0.05) is 29.8 Å². The molecule has 3 aromatic carbocycles. The maximum absolute atomic E-state index is 12.9. The van der Waals surface area contributed by atoms with Gasteiger partial charge in [-0.3, -0.25) is 4.79 Å². The Morgan fingerprint density at radius 3 is 2.64 bits per heavy atom. The van der Waals surface area contributed by atoms with E-state index in [4.69, 9.17) is 9.15 Å². The van der Waals surface area contributed by atoms with Crippen LogP contribution in [-0.2, 0) is 0 Å². The molecule has 0 aliphatic rings. The highest BCUT2D eigenvalue weighted by molar-refractivity contribution is 6.00. The van der Waals surface area contributed by atoms with Crippen molar-refractivity contribution in [2.75, 3.05) is 7.11 Å². The molecule has 0 saturated heterocycles. The summed E-state index contributed by atoms with van der Waals surface area (Å²) in [6, 6.07) is 15.4. The average molecular weight is 290 g/mol. The first-order chi connectivity index (χ1) is 10.7. The number of rotatable bonds is 1. The molecule has 1 heterocycles. The summed E-state index contributed by atoms with van der Waals surface area (Å²) in [5.74, 6) is 0.539. The third-order valence-corrected chi connectivity index (χ3v) is 3.99. The molecule has 0 amide bonds. The van der Waals surface area contributed by atoms with Crippen molar-refractivity contribution < 1.29 is 9.15 Å². The first-order valence-electron chi connectivity index (χ1n) is 7.11. The zero-order valence-electron chi connectivity index (χ0n) is 12.3. The molecular formula is C19H14O3. The summed E-state index contributed by atoms with van der Waals surface area (Å²) in [6.07, 6.45) is 0. The molecule has 4 aromatic rings. The normalized spacial score (nSPS) is 11.4. The van der Waals surface area contributed by atoms with Gasteiger partial charge in [0.05, 0.1) is 12.5 Å². The molecule has 0 unspecified atom stereocenters. The Hall–Kier alpha value is -2.81. The third-order valence-electron chi connectivity index (χ3n) is 3.99. The second-order valence-corrected chi connectivity index (χ2v) is 5.46. The van der Waals surface area contributed by atoms with E-state index in [1.807, 2.05) is 31.2 Å². The predicted octanol–water partition coefficient (Wildman–Crippen LogP) is 4.42. The van der Waals surface area contributed by atoms with E-state index >= 15 is 0 Å². The van der Waals surface area contributed by atoms with Crippen LogP contribution in [0.3, 0.4) is 0 Å². The Bertz CT molecular complexity index is 1090. The van der Waals surface area contributed by atoms with E-state index in [0.29, 0.717) is 27.7 Å². The third kappa shape index (κ3) is 1.79. The van der Waals surface area contributed by atoms with Crippen LogP contribution >= 0.6 is 0 Å². The summed E-state index contributed by atoms with van der Waals surface area (Å²) in [4.78, 5) is 12.9. The van der Waals surface area contributed by atoms with Crippen molar-refractivity contribution in [2.24, 2.45) is 0 Å². The summed E-state index contributed by atoms with van der Waals surface area (Å²) in [5, 5.41) is 3.16. The molecule has 0 fully saturated rings. The molecule has 0 N–H and O–H groups in total. The van der Waals surface area contributed by atoms with E-state index in [2.05, 4.69) is 12.1 Å². The molecule has 3 nitrogen and oxygen atoms in total. The van der Waals surface area contributed by atoms with Crippen LogP contribution in [0.2, 0.25) is 0 Å². The van der Waals surface area contributed by atoms with Crippen LogP contribution in [0.4, 0.5) is 0 Å². The number of ether oxygens (including phenoxy) is 1. The van der Waals surface area contributed by atoms with Crippen molar-refractivity contribution in [3.8, 4) is 5.75 Å². The Morgan fingerprint density at radius 1 is 0.955 bits per heavy atom. The van der Waals surface area contributed by atoms with Crippen LogP contribution in [0.5, 0.6) is 5.75 Å². The lowest BCUT2D eigenvalue weighted by Gasteiger charge is -2.07. The van der Waals surface area contributed by atoms with Gasteiger partial charge in [0.2, 0.25) is 5.43 Å². The van der Waals surface area contributed by atoms with Crippen LogP contribution in [-0.4, -0.2) is 7.11 Å². The molecule has 1 aromatic heterocycles. The van der Waals surface area contributed by atoms with Gasteiger partial charge >= 0.3 is 0 Å². The zero-order valence-corrected chi connectivity index (χ0v) is 12.3. The highest BCUT2D eigenvalue weighted by Crippen LogP contribution is 2.28. The van der Waals surface area contributed by atoms with Gasteiger partial charge in [0.25, 0.3) is 0 Å². The molecule has 0 saturated carbocycles. The maximum atomic E-state index is 12.9. The molecule has 4 rings (SSSR count). The van der Waals surface area contributed by atoms with Crippen LogP contribution in [0, 0.1) is 6.92 Å². The molecule has 0 bridgehead atoms. The van der Waals surface area contributed by atoms with Gasteiger partial charge in [0.1, 0.15) is 22.3 Å². The molecule has 108 valence electrons. The van der Waals surface area contributed by atoms with E-state index in [-0.39, 0.29) is 5.43 Å². The zero-order chi connectivity index (χ0) is 15.3. The summed E-state index contributed by atoms with van der Waals surface area (Å²) in [5.41, 5.74) is 2.25. The maximum Gasteiger partial charge on any atom is 0.204 e. The molecule has 22 heavy (non-hydrogen) atoms. The number of hydrogen-bond acceptors (Lipinski definition) is 3. The van der Waals surface area contributed by atoms with E-state index in [9.17, 15) is 4.79 Å². The first-order valence-corrected chi connectivity index (χ1v) is 7.11. The second-order valence-electron chi connectivity index (χ2n) is 5.46. The SMILES string of the molecule is COc1cccc2oc3cc4ccc(C)cc4cc3c(=O)c12. The Labute approximate surface area is 126 Å². The lowest BCUT2D eigenvalue weighted by Crippen LogP contribution is -2.04. The number of benzene rings is 3. The van der Waals surface area contributed by atoms with Crippen molar-refractivity contribution in [1.82, 2.24) is 0 Å². The van der Waals surface area contributed by atoms with E-state index in [1.54, 1.807) is 19.2 Å². The predicted molar refractivity (Wildman–Crippen MR) is 88.8 cm³/mol. The smallest absolute Gasteiger partial charge is 0.204 e. The Balaban J connectivity index is 2.22. The molecule has 3 heteroatoms. The van der Waals surface area contributed by atoms with Gasteiger partial charge in [-0.2, -0.15) is 0 Å². The lowest BCUT2D eigenvalue weighted by atomic mass is 10.0. The molecule has 0 spiro atoms. The quantitative estimate of drug-likeness (QED) is 0.487. The summed E-state index contributed by atoms with van der Waals surface area (Å²) in [7, 11) is 1.56. The molecule has 0 aliphatic carbocycles. The number of aryl methyl sites for hydroxylation is 1. The standard InChI is InChI=1S/C19H14O3/c1-11-6-7-12-10-17-14(9-13(12)8-11)19(20)18-15(21-2)4-3-5-16(18)22-17/h3-10H,1-2H3. The topological polar surface area (TPSA) is 39.4 Å². The van der Waals surface area contributed by atoms with Crippen molar-refractivity contribution in [3.63, 3.8) is 0 Å². The summed E-state index contributed by atoms with van der Waals surface area (Å²) < 4.78 is 11.2. The van der Waals surface area contributed by atoms with E-state index in [1.165, 1.54) is 0 Å². The first kappa shape index (κ1) is 12.9. The van der Waals surface area contributed by atoms with Crippen LogP contribution < -0.4 is 10.2 Å². The van der Waals surface area contributed by atoms with Gasteiger partial charge < -0.3 is 9.15 Å². The van der Waals surface area contributed by atoms with Crippen molar-refractivity contribution in [2.45, 2.75) is 6.92 Å². The number of fused-ring (bicyclic) bond motifs is 3. The fourth-order valence-corrected chi connectivity index (χ4v) is 2.90. The highest BCUT2D eigenvalue weighted by atomic mass is 16.5. The van der Waals surface area contributed by atoms with Gasteiger partial charge in [0, 0.05) is 0 Å². The Kier molecular flexibility index (Phi) is 2.70. The van der Waals surface area contributed by atoms with Gasteiger partial charge in [-0.15, -0.1) is 0 Å². The van der Waals surface area contributed by atoms with Gasteiger partial charge in [0.15, 0.2) is 0 Å². The fourth-order valence-electron chi connectivity index (χ4n) is 2.90. The summed E-state index contributed by atoms with van der Waals surface area (Å²) >= 11 is 0. The molecular weight excluding hydrogens is 276 g/mol. The highest BCUT2D eigenvalue weighted by Gasteiger charge is 2.12. The number of hydrogen-bond donors (Lipinski definition) is 0. The lowest BCUT2D eigenvalue weighted by molar-refractivity contribution is 0.419. The monoisotopic (exact) mass is 290 g/mol. The molecule has 0 atom stereocenters. The second kappa shape index (κ2) is 4.60. The minimum atomic E-state index is -0.0582. The van der Waals surface area contributed by atoms with Crippen molar-refractivity contribution in [1.29, 1.82) is 0 Å². The van der Waals surface area contributed by atoms with Gasteiger partial charge in [-0.25, -0.2) is 0 Å². The van der Waals surface area contributed by atoms with E-state index in [0.717, 1.165) is 16.3 Å². The van der Waals surface area contributed by atoms with Crippen molar-refractivity contribution >= 4 is 32.7 Å².